The Morgan fingerprint density at radius 2 is 2.21 bits per heavy atom. The maximum Gasteiger partial charge on any atom is 0.167 e. The van der Waals surface area contributed by atoms with Crippen molar-refractivity contribution in [1.82, 2.24) is 19.7 Å². The zero-order chi connectivity index (χ0) is 10.1. The maximum atomic E-state index is 5.79. The van der Waals surface area contributed by atoms with E-state index in [1.165, 1.54) is 0 Å². The molecule has 2 aromatic rings. The third kappa shape index (κ3) is 1.22. The van der Waals surface area contributed by atoms with Crippen LogP contribution in [0.15, 0.2) is 18.6 Å². The minimum Gasteiger partial charge on any atom is -0.383 e. The van der Waals surface area contributed by atoms with E-state index >= 15 is 0 Å². The molecule has 14 heavy (non-hydrogen) atoms. The molecule has 5 nitrogen and oxygen atoms in total. The number of nitrogens with zero attached hydrogens (tertiary/aromatic N) is 4. The van der Waals surface area contributed by atoms with Crippen LogP contribution in [-0.2, 0) is 7.05 Å². The van der Waals surface area contributed by atoms with Gasteiger partial charge in [-0.15, -0.1) is 10.2 Å². The number of aromatic nitrogens is 4. The van der Waals surface area contributed by atoms with E-state index in [-0.39, 0.29) is 0 Å². The molecule has 2 aromatic heterocycles. The van der Waals surface area contributed by atoms with Crippen LogP contribution in [0.5, 0.6) is 0 Å². The fraction of sp³-hybridized carbons (Fsp3) is 0.222. The van der Waals surface area contributed by atoms with Gasteiger partial charge in [-0.25, -0.2) is 4.98 Å². The normalized spacial score (nSPS) is 10.4. The van der Waals surface area contributed by atoms with Gasteiger partial charge in [0.05, 0.1) is 5.56 Å². The van der Waals surface area contributed by atoms with Gasteiger partial charge < -0.3 is 10.3 Å². The standard InChI is InChI=1S/C9H11N5/c1-6-3-4-11-8(10)7(6)9-13-12-5-14(9)2/h3-5H,1-2H3,(H2,10,11). The van der Waals surface area contributed by atoms with Crippen molar-refractivity contribution < 1.29 is 0 Å². The van der Waals surface area contributed by atoms with Crippen LogP contribution in [0.1, 0.15) is 5.56 Å². The summed E-state index contributed by atoms with van der Waals surface area (Å²) in [6, 6.07) is 1.90. The molecule has 0 saturated carbocycles. The van der Waals surface area contributed by atoms with Gasteiger partial charge in [-0.2, -0.15) is 0 Å². The fourth-order valence-electron chi connectivity index (χ4n) is 1.38. The van der Waals surface area contributed by atoms with Crippen molar-refractivity contribution in [3.05, 3.63) is 24.2 Å². The first-order valence-electron chi connectivity index (χ1n) is 4.25. The summed E-state index contributed by atoms with van der Waals surface area (Å²) in [7, 11) is 1.88. The number of pyridine rings is 1. The lowest BCUT2D eigenvalue weighted by Crippen LogP contribution is -2.00. The Morgan fingerprint density at radius 3 is 2.79 bits per heavy atom. The summed E-state index contributed by atoms with van der Waals surface area (Å²) in [5, 5.41) is 7.81. The molecular formula is C9H11N5. The van der Waals surface area contributed by atoms with Crippen LogP contribution in [0.4, 0.5) is 5.82 Å². The number of nitrogens with two attached hydrogens (primary N) is 1. The lowest BCUT2D eigenvalue weighted by Gasteiger charge is -2.06. The molecule has 0 spiro atoms. The smallest absolute Gasteiger partial charge is 0.167 e. The van der Waals surface area contributed by atoms with Crippen molar-refractivity contribution in [2.24, 2.45) is 7.05 Å². The molecule has 2 heterocycles. The van der Waals surface area contributed by atoms with E-state index < -0.39 is 0 Å². The molecule has 0 aliphatic heterocycles. The summed E-state index contributed by atoms with van der Waals surface area (Å²) < 4.78 is 1.82. The van der Waals surface area contributed by atoms with Crippen LogP contribution in [0, 0.1) is 6.92 Å². The van der Waals surface area contributed by atoms with Crippen LogP contribution in [-0.4, -0.2) is 19.7 Å². The summed E-state index contributed by atoms with van der Waals surface area (Å²) in [6.07, 6.45) is 3.33. The first-order valence-corrected chi connectivity index (χ1v) is 4.25. The van der Waals surface area contributed by atoms with Crippen molar-refractivity contribution in [2.75, 3.05) is 5.73 Å². The molecule has 0 unspecified atom stereocenters. The average Bonchev–Trinajstić information content (AvgIpc) is 2.52. The van der Waals surface area contributed by atoms with E-state index in [0.29, 0.717) is 5.82 Å². The van der Waals surface area contributed by atoms with E-state index in [1.54, 1.807) is 12.5 Å². The van der Waals surface area contributed by atoms with E-state index in [4.69, 9.17) is 5.73 Å². The van der Waals surface area contributed by atoms with Crippen molar-refractivity contribution in [3.63, 3.8) is 0 Å². The zero-order valence-electron chi connectivity index (χ0n) is 8.10. The molecule has 0 radical (unpaired) electrons. The van der Waals surface area contributed by atoms with E-state index in [2.05, 4.69) is 15.2 Å². The van der Waals surface area contributed by atoms with Gasteiger partial charge in [0.15, 0.2) is 5.82 Å². The van der Waals surface area contributed by atoms with Gasteiger partial charge in [-0.1, -0.05) is 0 Å². The Balaban J connectivity index is 2.68. The highest BCUT2D eigenvalue weighted by Crippen LogP contribution is 2.24. The molecule has 5 heteroatoms. The van der Waals surface area contributed by atoms with E-state index in [1.807, 2.05) is 24.6 Å². The highest BCUT2D eigenvalue weighted by molar-refractivity contribution is 5.71. The van der Waals surface area contributed by atoms with Crippen molar-refractivity contribution in [2.45, 2.75) is 6.92 Å². The molecule has 0 fully saturated rings. The predicted molar refractivity (Wildman–Crippen MR) is 53.4 cm³/mol. The Bertz CT molecular complexity index is 440. The topological polar surface area (TPSA) is 69.6 Å². The van der Waals surface area contributed by atoms with Gasteiger partial charge in [0.1, 0.15) is 12.1 Å². The predicted octanol–water partition coefficient (Wildman–Crippen LogP) is 0.768. The highest BCUT2D eigenvalue weighted by Gasteiger charge is 2.11. The lowest BCUT2D eigenvalue weighted by atomic mass is 10.1. The maximum absolute atomic E-state index is 5.79. The third-order valence-electron chi connectivity index (χ3n) is 2.12. The zero-order valence-corrected chi connectivity index (χ0v) is 8.10. The van der Waals surface area contributed by atoms with Gasteiger partial charge in [0.2, 0.25) is 0 Å². The monoisotopic (exact) mass is 189 g/mol. The molecule has 0 bridgehead atoms. The van der Waals surface area contributed by atoms with Crippen LogP contribution in [0.2, 0.25) is 0 Å². The minimum absolute atomic E-state index is 0.487. The molecular weight excluding hydrogens is 178 g/mol. The quantitative estimate of drug-likeness (QED) is 0.719. The fourth-order valence-corrected chi connectivity index (χ4v) is 1.38. The third-order valence-corrected chi connectivity index (χ3v) is 2.12. The largest absolute Gasteiger partial charge is 0.383 e. The Morgan fingerprint density at radius 1 is 1.43 bits per heavy atom. The Labute approximate surface area is 81.6 Å². The van der Waals surface area contributed by atoms with Crippen LogP contribution >= 0.6 is 0 Å². The molecule has 72 valence electrons. The second-order valence-electron chi connectivity index (χ2n) is 3.15. The second-order valence-corrected chi connectivity index (χ2v) is 3.15. The molecule has 0 aliphatic carbocycles. The van der Waals surface area contributed by atoms with Gasteiger partial charge in [-0.05, 0) is 18.6 Å². The first kappa shape index (κ1) is 8.68. The van der Waals surface area contributed by atoms with Gasteiger partial charge >= 0.3 is 0 Å². The van der Waals surface area contributed by atoms with Crippen LogP contribution in [0.3, 0.4) is 0 Å². The molecule has 0 saturated heterocycles. The second kappa shape index (κ2) is 3.10. The van der Waals surface area contributed by atoms with E-state index in [9.17, 15) is 0 Å². The van der Waals surface area contributed by atoms with Crippen molar-refractivity contribution in [3.8, 4) is 11.4 Å². The summed E-state index contributed by atoms with van der Waals surface area (Å²) in [5.74, 6) is 1.23. The summed E-state index contributed by atoms with van der Waals surface area (Å²) >= 11 is 0. The van der Waals surface area contributed by atoms with E-state index in [0.717, 1.165) is 17.0 Å². The van der Waals surface area contributed by atoms with Crippen LogP contribution in [0.25, 0.3) is 11.4 Å². The van der Waals surface area contributed by atoms with Crippen LogP contribution < -0.4 is 5.73 Å². The van der Waals surface area contributed by atoms with Gasteiger partial charge in [0.25, 0.3) is 0 Å². The highest BCUT2D eigenvalue weighted by atomic mass is 15.2. The Hall–Kier alpha value is -1.91. The van der Waals surface area contributed by atoms with Crippen molar-refractivity contribution in [1.29, 1.82) is 0 Å². The minimum atomic E-state index is 0.487. The molecule has 0 atom stereocenters. The molecule has 0 amide bonds. The molecule has 0 aliphatic rings. The van der Waals surface area contributed by atoms with Gasteiger partial charge in [-0.3, -0.25) is 0 Å². The number of hydrogen-bond donors (Lipinski definition) is 1. The number of anilines is 1. The van der Waals surface area contributed by atoms with Gasteiger partial charge in [0, 0.05) is 13.2 Å². The molecule has 2 rings (SSSR count). The number of aryl methyl sites for hydroxylation is 2. The summed E-state index contributed by atoms with van der Waals surface area (Å²) in [5.41, 5.74) is 7.69. The summed E-state index contributed by atoms with van der Waals surface area (Å²) in [6.45, 7) is 1.97. The number of hydrogen-bond acceptors (Lipinski definition) is 4. The number of rotatable bonds is 1. The van der Waals surface area contributed by atoms with Crippen molar-refractivity contribution >= 4 is 5.82 Å². The number of nitrogen functional groups attached to an aromatic ring is 1. The average molecular weight is 189 g/mol. The lowest BCUT2D eigenvalue weighted by molar-refractivity contribution is 0.918. The molecule has 0 aromatic carbocycles. The Kier molecular flexibility index (Phi) is 1.92. The summed E-state index contributed by atoms with van der Waals surface area (Å²) in [4.78, 5) is 4.03. The molecule has 2 N–H and O–H groups in total. The first-order chi connectivity index (χ1) is 6.70. The SMILES string of the molecule is Cc1ccnc(N)c1-c1nncn1C.